The van der Waals surface area contributed by atoms with Gasteiger partial charge in [0.05, 0.1) is 23.8 Å². The molecule has 0 radical (unpaired) electrons. The number of nitrogens with one attached hydrogen (secondary N) is 1. The zero-order chi connectivity index (χ0) is 21.4. The molecule has 11 heteroatoms. The molecule has 160 valence electrons. The minimum atomic E-state index is -0.299. The summed E-state index contributed by atoms with van der Waals surface area (Å²) in [6.07, 6.45) is 11.0. The molecular formula is C20H22N8O2S. The van der Waals surface area contributed by atoms with Crippen LogP contribution in [0.4, 0.5) is 5.69 Å². The highest BCUT2D eigenvalue weighted by Gasteiger charge is 2.26. The number of imidazole rings is 1. The molecule has 1 fully saturated rings. The van der Waals surface area contributed by atoms with Crippen molar-refractivity contribution >= 4 is 28.6 Å². The molecule has 0 bridgehead atoms. The van der Waals surface area contributed by atoms with E-state index in [1.165, 1.54) is 11.3 Å². The first-order chi connectivity index (χ1) is 15.1. The van der Waals surface area contributed by atoms with E-state index in [4.69, 9.17) is 10.5 Å². The van der Waals surface area contributed by atoms with Gasteiger partial charge in [-0.1, -0.05) is 0 Å². The van der Waals surface area contributed by atoms with Gasteiger partial charge < -0.3 is 20.2 Å². The Labute approximate surface area is 182 Å². The van der Waals surface area contributed by atoms with Gasteiger partial charge in [0.15, 0.2) is 5.65 Å². The van der Waals surface area contributed by atoms with Crippen LogP contribution in [-0.2, 0) is 11.8 Å². The molecule has 1 aliphatic rings. The Morgan fingerprint density at radius 3 is 3.06 bits per heavy atom. The van der Waals surface area contributed by atoms with E-state index < -0.39 is 0 Å². The van der Waals surface area contributed by atoms with E-state index >= 15 is 0 Å². The number of hydrogen-bond donors (Lipinski definition) is 2. The molecule has 0 aromatic carbocycles. The molecule has 4 aromatic rings. The molecule has 0 aliphatic carbocycles. The first kappa shape index (κ1) is 19.8. The number of nitrogens with two attached hydrogens (primary N) is 1. The molecule has 5 rings (SSSR count). The quantitative estimate of drug-likeness (QED) is 0.501. The van der Waals surface area contributed by atoms with Crippen molar-refractivity contribution in [2.75, 3.05) is 11.9 Å². The molecule has 1 saturated heterocycles. The van der Waals surface area contributed by atoms with Crippen molar-refractivity contribution in [1.82, 2.24) is 29.1 Å². The molecule has 0 spiro atoms. The minimum absolute atomic E-state index is 0.139. The Kier molecular flexibility index (Phi) is 5.22. The van der Waals surface area contributed by atoms with Crippen LogP contribution >= 0.6 is 11.3 Å². The van der Waals surface area contributed by atoms with Gasteiger partial charge in [-0.3, -0.25) is 14.5 Å². The Morgan fingerprint density at radius 2 is 2.19 bits per heavy atom. The third-order valence-corrected chi connectivity index (χ3v) is 6.23. The second kappa shape index (κ2) is 8.17. The van der Waals surface area contributed by atoms with E-state index in [-0.39, 0.29) is 18.1 Å². The van der Waals surface area contributed by atoms with E-state index in [9.17, 15) is 4.79 Å². The van der Waals surface area contributed by atoms with Crippen LogP contribution in [0, 0.1) is 0 Å². The van der Waals surface area contributed by atoms with Crippen LogP contribution in [0.1, 0.15) is 41.5 Å². The number of hydrogen-bond acceptors (Lipinski definition) is 8. The Hall–Kier alpha value is -3.15. The lowest BCUT2D eigenvalue weighted by molar-refractivity contribution is 0.0529. The number of ether oxygens (including phenoxy) is 1. The zero-order valence-corrected chi connectivity index (χ0v) is 17.7. The number of carbonyl (C=O) groups is 1. The topological polar surface area (TPSA) is 125 Å². The van der Waals surface area contributed by atoms with Crippen LogP contribution in [0.2, 0.25) is 0 Å². The van der Waals surface area contributed by atoms with Gasteiger partial charge in [-0.15, -0.1) is 11.3 Å². The predicted octanol–water partition coefficient (Wildman–Crippen LogP) is 2.41. The maximum absolute atomic E-state index is 12.9. The van der Waals surface area contributed by atoms with Crippen molar-refractivity contribution < 1.29 is 9.53 Å². The fourth-order valence-corrected chi connectivity index (χ4v) is 4.48. The van der Waals surface area contributed by atoms with Crippen molar-refractivity contribution in [2.24, 2.45) is 12.8 Å². The van der Waals surface area contributed by atoms with Gasteiger partial charge in [0.1, 0.15) is 22.5 Å². The fourth-order valence-electron chi connectivity index (χ4n) is 3.72. The number of fused-ring (bicyclic) bond motifs is 1. The SMILES string of the molecule is Cn1ncc(NC(=O)c2csc(-c3cn4ccncc4n3)n2)c1[C@@H]1CC[C@@H](N)CCO1. The van der Waals surface area contributed by atoms with Crippen LogP contribution < -0.4 is 11.1 Å². The summed E-state index contributed by atoms with van der Waals surface area (Å²) in [5.41, 5.74) is 9.28. The number of nitrogens with zero attached hydrogens (tertiary/aromatic N) is 6. The number of amides is 1. The first-order valence-corrected chi connectivity index (χ1v) is 10.9. The molecule has 0 unspecified atom stereocenters. The average molecular weight is 439 g/mol. The second-order valence-electron chi connectivity index (χ2n) is 7.51. The number of carbonyl (C=O) groups excluding carboxylic acids is 1. The van der Waals surface area contributed by atoms with E-state index in [0.717, 1.165) is 30.6 Å². The Morgan fingerprint density at radius 1 is 1.29 bits per heavy atom. The molecule has 3 N–H and O–H groups in total. The molecule has 5 heterocycles. The summed E-state index contributed by atoms with van der Waals surface area (Å²) in [4.78, 5) is 26.0. The fraction of sp³-hybridized carbons (Fsp3) is 0.350. The number of thiazole rings is 1. The van der Waals surface area contributed by atoms with Gasteiger partial charge in [-0.05, 0) is 19.3 Å². The van der Waals surface area contributed by atoms with Crippen molar-refractivity contribution in [3.05, 3.63) is 47.8 Å². The molecular weight excluding hydrogens is 416 g/mol. The molecule has 1 amide bonds. The Balaban J connectivity index is 1.35. The zero-order valence-electron chi connectivity index (χ0n) is 16.9. The summed E-state index contributed by atoms with van der Waals surface area (Å²) in [7, 11) is 1.85. The lowest BCUT2D eigenvalue weighted by atomic mass is 10.1. The van der Waals surface area contributed by atoms with E-state index in [0.29, 0.717) is 28.7 Å². The first-order valence-electron chi connectivity index (χ1n) is 10.0. The molecule has 31 heavy (non-hydrogen) atoms. The third kappa shape index (κ3) is 3.94. The monoisotopic (exact) mass is 438 g/mol. The van der Waals surface area contributed by atoms with Gasteiger partial charge in [0.25, 0.3) is 5.91 Å². The van der Waals surface area contributed by atoms with E-state index in [1.54, 1.807) is 28.7 Å². The molecule has 4 aromatic heterocycles. The summed E-state index contributed by atoms with van der Waals surface area (Å²) in [5.74, 6) is -0.299. The second-order valence-corrected chi connectivity index (χ2v) is 8.37. The summed E-state index contributed by atoms with van der Waals surface area (Å²) < 4.78 is 9.61. The predicted molar refractivity (Wildman–Crippen MR) is 116 cm³/mol. The number of rotatable bonds is 4. The van der Waals surface area contributed by atoms with Gasteiger partial charge in [-0.25, -0.2) is 9.97 Å². The molecule has 10 nitrogen and oxygen atoms in total. The van der Waals surface area contributed by atoms with Crippen LogP contribution in [0.3, 0.4) is 0 Å². The molecule has 0 saturated carbocycles. The normalized spacial score (nSPS) is 19.4. The highest BCUT2D eigenvalue weighted by atomic mass is 32.1. The van der Waals surface area contributed by atoms with Gasteiger partial charge in [0.2, 0.25) is 0 Å². The number of aryl methyl sites for hydroxylation is 1. The summed E-state index contributed by atoms with van der Waals surface area (Å²) in [6, 6.07) is 0.139. The van der Waals surface area contributed by atoms with E-state index in [2.05, 4.69) is 25.4 Å². The number of aromatic nitrogens is 6. The number of anilines is 1. The van der Waals surface area contributed by atoms with Crippen LogP contribution in [0.25, 0.3) is 16.3 Å². The summed E-state index contributed by atoms with van der Waals surface area (Å²) >= 11 is 1.37. The summed E-state index contributed by atoms with van der Waals surface area (Å²) in [5, 5.41) is 9.66. The smallest absolute Gasteiger partial charge is 0.275 e. The third-order valence-electron chi connectivity index (χ3n) is 5.37. The van der Waals surface area contributed by atoms with Gasteiger partial charge in [0, 0.05) is 43.7 Å². The average Bonchev–Trinajstić information content (AvgIpc) is 3.46. The molecule has 1 aliphatic heterocycles. The van der Waals surface area contributed by atoms with Crippen LogP contribution in [0.5, 0.6) is 0 Å². The van der Waals surface area contributed by atoms with Gasteiger partial charge >= 0.3 is 0 Å². The minimum Gasteiger partial charge on any atom is -0.372 e. The van der Waals surface area contributed by atoms with Crippen LogP contribution in [0.15, 0.2) is 36.4 Å². The largest absolute Gasteiger partial charge is 0.372 e. The van der Waals surface area contributed by atoms with E-state index in [1.807, 2.05) is 23.8 Å². The Bertz CT molecular complexity index is 1200. The van der Waals surface area contributed by atoms with Crippen molar-refractivity contribution in [3.8, 4) is 10.7 Å². The van der Waals surface area contributed by atoms with Crippen molar-refractivity contribution in [2.45, 2.75) is 31.4 Å². The van der Waals surface area contributed by atoms with Crippen molar-refractivity contribution in [3.63, 3.8) is 0 Å². The lowest BCUT2D eigenvalue weighted by Gasteiger charge is -2.17. The van der Waals surface area contributed by atoms with Crippen molar-refractivity contribution in [1.29, 1.82) is 0 Å². The van der Waals surface area contributed by atoms with Gasteiger partial charge in [-0.2, -0.15) is 5.10 Å². The highest BCUT2D eigenvalue weighted by molar-refractivity contribution is 7.13. The highest BCUT2D eigenvalue weighted by Crippen LogP contribution is 2.32. The summed E-state index contributed by atoms with van der Waals surface area (Å²) in [6.45, 7) is 0.592. The lowest BCUT2D eigenvalue weighted by Crippen LogP contribution is -2.19. The molecule has 2 atom stereocenters. The van der Waals surface area contributed by atoms with Crippen LogP contribution in [-0.4, -0.2) is 47.7 Å². The maximum atomic E-state index is 12.9. The standard InChI is InChI=1S/C20H22N8O2S/c1-27-18(16-3-2-12(21)4-7-30-16)13(8-23-27)25-19(29)15-11-31-20(26-15)14-10-28-6-5-22-9-17(28)24-14/h5-6,8-12,16H,2-4,7,21H2,1H3,(H,25,29)/t12-,16+/m1/s1. The maximum Gasteiger partial charge on any atom is 0.275 e.